The van der Waals surface area contributed by atoms with E-state index in [1.165, 1.54) is 35.0 Å². The second-order valence-electron chi connectivity index (χ2n) is 8.00. The van der Waals surface area contributed by atoms with E-state index in [0.29, 0.717) is 6.54 Å². The minimum Gasteiger partial charge on any atom is -0.379 e. The molecule has 0 N–H and O–H groups in total. The molecule has 1 aliphatic rings. The smallest absolute Gasteiger partial charge is 0.239 e. The molecule has 0 radical (unpaired) electrons. The van der Waals surface area contributed by atoms with Gasteiger partial charge < -0.3 is 4.74 Å². The third-order valence-corrected chi connectivity index (χ3v) is 7.70. The molecule has 0 spiro atoms. The maximum Gasteiger partial charge on any atom is 0.239 e. The lowest BCUT2D eigenvalue weighted by Gasteiger charge is -2.27. The summed E-state index contributed by atoms with van der Waals surface area (Å²) < 4.78 is 19.7. The maximum absolute atomic E-state index is 13.2. The van der Waals surface area contributed by atoms with Gasteiger partial charge in [0, 0.05) is 31.1 Å². The number of carbonyl (C=O) groups is 1. The highest BCUT2D eigenvalue weighted by Gasteiger charge is 2.21. The lowest BCUT2D eigenvalue weighted by molar-refractivity contribution is -0.116. The van der Waals surface area contributed by atoms with Gasteiger partial charge in [0.2, 0.25) is 5.91 Å². The number of benzene rings is 2. The number of ether oxygens (including phenoxy) is 1. The highest BCUT2D eigenvalue weighted by molar-refractivity contribution is 8.00. The van der Waals surface area contributed by atoms with Crippen LogP contribution < -0.4 is 4.90 Å². The van der Waals surface area contributed by atoms with Crippen molar-refractivity contribution in [1.82, 2.24) is 9.88 Å². The summed E-state index contributed by atoms with van der Waals surface area (Å²) in [6, 6.07) is 10.5. The van der Waals surface area contributed by atoms with Gasteiger partial charge in [-0.05, 0) is 67.8 Å². The molecular weight excluding hydrogens is 445 g/mol. The van der Waals surface area contributed by atoms with Crippen molar-refractivity contribution in [3.8, 4) is 0 Å². The fourth-order valence-corrected chi connectivity index (χ4v) is 5.50. The number of amides is 1. The predicted molar refractivity (Wildman–Crippen MR) is 130 cm³/mol. The Bertz CT molecular complexity index is 1030. The summed E-state index contributed by atoms with van der Waals surface area (Å²) in [5, 5.41) is 0.747. The van der Waals surface area contributed by atoms with Crippen LogP contribution in [0.3, 0.4) is 0 Å². The van der Waals surface area contributed by atoms with Gasteiger partial charge in [-0.1, -0.05) is 11.3 Å². The molecule has 4 rings (SSSR count). The van der Waals surface area contributed by atoms with Crippen molar-refractivity contribution in [1.29, 1.82) is 0 Å². The van der Waals surface area contributed by atoms with Crippen LogP contribution in [0.1, 0.15) is 17.5 Å². The number of aromatic nitrogens is 1. The molecule has 3 aromatic rings. The lowest BCUT2D eigenvalue weighted by atomic mass is 10.1. The van der Waals surface area contributed by atoms with E-state index in [4.69, 9.17) is 9.72 Å². The lowest BCUT2D eigenvalue weighted by Crippen LogP contribution is -2.39. The molecule has 0 atom stereocenters. The van der Waals surface area contributed by atoms with E-state index in [1.807, 2.05) is 4.90 Å². The van der Waals surface area contributed by atoms with E-state index >= 15 is 0 Å². The van der Waals surface area contributed by atoms with Crippen molar-refractivity contribution in [2.24, 2.45) is 0 Å². The van der Waals surface area contributed by atoms with Crippen molar-refractivity contribution in [3.63, 3.8) is 0 Å². The summed E-state index contributed by atoms with van der Waals surface area (Å²) in [7, 11) is 0. The number of hydrogen-bond donors (Lipinski definition) is 0. The predicted octanol–water partition coefficient (Wildman–Crippen LogP) is 4.90. The summed E-state index contributed by atoms with van der Waals surface area (Å²) >= 11 is 2.99. The van der Waals surface area contributed by atoms with Crippen LogP contribution in [0.25, 0.3) is 10.2 Å². The summed E-state index contributed by atoms with van der Waals surface area (Å²) in [5.74, 6) is 0.0382. The van der Waals surface area contributed by atoms with Crippen molar-refractivity contribution >= 4 is 44.4 Å². The Balaban J connectivity index is 1.48. The number of hydrogen-bond acceptors (Lipinski definition) is 6. The SMILES string of the molecule is Cc1cc2nc(N(CCCN3CCOCC3)C(=O)CSc3ccc(F)cc3)sc2cc1C. The van der Waals surface area contributed by atoms with Gasteiger partial charge in [-0.2, -0.15) is 0 Å². The molecule has 2 heterocycles. The largest absolute Gasteiger partial charge is 0.379 e. The molecule has 1 fully saturated rings. The first kappa shape index (κ1) is 23.2. The summed E-state index contributed by atoms with van der Waals surface area (Å²) in [6.45, 7) is 9.15. The average Bonchev–Trinajstić information content (AvgIpc) is 3.19. The van der Waals surface area contributed by atoms with E-state index in [1.54, 1.807) is 23.5 Å². The number of aryl methyl sites for hydroxylation is 2. The fraction of sp³-hybridized carbons (Fsp3) is 0.417. The number of carbonyl (C=O) groups excluding carboxylic acids is 1. The number of rotatable bonds is 8. The Morgan fingerprint density at radius 1 is 1.19 bits per heavy atom. The molecular formula is C24H28FN3O2S2. The second kappa shape index (κ2) is 10.7. The minimum absolute atomic E-state index is 0.0220. The van der Waals surface area contributed by atoms with Gasteiger partial charge >= 0.3 is 0 Å². The maximum atomic E-state index is 13.2. The van der Waals surface area contributed by atoms with Gasteiger partial charge in [-0.3, -0.25) is 14.6 Å². The molecule has 1 saturated heterocycles. The quantitative estimate of drug-likeness (QED) is 0.436. The first-order valence-electron chi connectivity index (χ1n) is 10.9. The summed E-state index contributed by atoms with van der Waals surface area (Å²) in [5.41, 5.74) is 3.36. The van der Waals surface area contributed by atoms with Crippen LogP contribution in [-0.2, 0) is 9.53 Å². The molecule has 1 aliphatic heterocycles. The van der Waals surface area contributed by atoms with E-state index in [2.05, 4.69) is 30.9 Å². The van der Waals surface area contributed by atoms with Crippen LogP contribution in [0.4, 0.5) is 9.52 Å². The van der Waals surface area contributed by atoms with Gasteiger partial charge in [-0.15, -0.1) is 11.8 Å². The summed E-state index contributed by atoms with van der Waals surface area (Å²) in [4.78, 5) is 23.1. The molecule has 1 amide bonds. The molecule has 0 aliphatic carbocycles. The second-order valence-corrected chi connectivity index (χ2v) is 10.1. The van der Waals surface area contributed by atoms with Crippen molar-refractivity contribution in [3.05, 3.63) is 53.3 Å². The number of nitrogens with zero attached hydrogens (tertiary/aromatic N) is 3. The van der Waals surface area contributed by atoms with E-state index < -0.39 is 0 Å². The van der Waals surface area contributed by atoms with Crippen LogP contribution in [0.5, 0.6) is 0 Å². The van der Waals surface area contributed by atoms with Crippen molar-refractivity contribution in [2.45, 2.75) is 25.2 Å². The van der Waals surface area contributed by atoms with Crippen molar-refractivity contribution < 1.29 is 13.9 Å². The van der Waals surface area contributed by atoms with Gasteiger partial charge in [-0.25, -0.2) is 9.37 Å². The van der Waals surface area contributed by atoms with E-state index in [-0.39, 0.29) is 17.5 Å². The van der Waals surface area contributed by atoms with Crippen LogP contribution in [0, 0.1) is 19.7 Å². The number of halogens is 1. The van der Waals surface area contributed by atoms with E-state index in [0.717, 1.165) is 59.5 Å². The normalized spacial score (nSPS) is 14.7. The Morgan fingerprint density at radius 2 is 1.91 bits per heavy atom. The molecule has 1 aromatic heterocycles. The molecule has 8 heteroatoms. The summed E-state index contributed by atoms with van der Waals surface area (Å²) in [6.07, 6.45) is 0.876. The number of morpholine rings is 1. The van der Waals surface area contributed by atoms with Gasteiger partial charge in [0.15, 0.2) is 5.13 Å². The first-order chi connectivity index (χ1) is 15.5. The zero-order chi connectivity index (χ0) is 22.5. The zero-order valence-electron chi connectivity index (χ0n) is 18.5. The third-order valence-electron chi connectivity index (χ3n) is 5.66. The van der Waals surface area contributed by atoms with E-state index in [9.17, 15) is 9.18 Å². The third kappa shape index (κ3) is 5.86. The fourth-order valence-electron chi connectivity index (χ4n) is 3.64. The van der Waals surface area contributed by atoms with Gasteiger partial charge in [0.05, 0.1) is 29.2 Å². The Hall–Kier alpha value is -2.00. The highest BCUT2D eigenvalue weighted by Crippen LogP contribution is 2.31. The topological polar surface area (TPSA) is 45.7 Å². The number of thioether (sulfide) groups is 1. The number of fused-ring (bicyclic) bond motifs is 1. The molecule has 0 unspecified atom stereocenters. The van der Waals surface area contributed by atoms with Gasteiger partial charge in [0.1, 0.15) is 5.82 Å². The van der Waals surface area contributed by atoms with Crippen LogP contribution in [0.2, 0.25) is 0 Å². The van der Waals surface area contributed by atoms with Gasteiger partial charge in [0.25, 0.3) is 0 Å². The molecule has 32 heavy (non-hydrogen) atoms. The molecule has 5 nitrogen and oxygen atoms in total. The Morgan fingerprint density at radius 3 is 2.66 bits per heavy atom. The monoisotopic (exact) mass is 473 g/mol. The standard InChI is InChI=1S/C24H28FN3O2S2/c1-17-14-21-22(15-18(17)2)32-24(26-21)28(9-3-8-27-10-12-30-13-11-27)23(29)16-31-20-6-4-19(25)5-7-20/h4-7,14-15H,3,8-13,16H2,1-2H3. The Labute approximate surface area is 196 Å². The minimum atomic E-state index is -0.273. The molecule has 0 bridgehead atoms. The van der Waals surface area contributed by atoms with Crippen LogP contribution in [-0.4, -0.2) is 60.9 Å². The van der Waals surface area contributed by atoms with Crippen molar-refractivity contribution in [2.75, 3.05) is 50.0 Å². The number of anilines is 1. The number of thiazole rings is 1. The molecule has 170 valence electrons. The molecule has 0 saturated carbocycles. The Kier molecular flexibility index (Phi) is 7.78. The zero-order valence-corrected chi connectivity index (χ0v) is 20.1. The van der Waals surface area contributed by atoms with Crippen LogP contribution in [0.15, 0.2) is 41.3 Å². The molecule has 2 aromatic carbocycles. The van der Waals surface area contributed by atoms with Crippen LogP contribution >= 0.6 is 23.1 Å². The average molecular weight is 474 g/mol. The highest BCUT2D eigenvalue weighted by atomic mass is 32.2. The first-order valence-corrected chi connectivity index (χ1v) is 12.7.